The average molecular weight is 360 g/mol. The van der Waals surface area contributed by atoms with Gasteiger partial charge >= 0.3 is 0 Å². The van der Waals surface area contributed by atoms with Crippen molar-refractivity contribution in [3.8, 4) is 11.1 Å². The van der Waals surface area contributed by atoms with Gasteiger partial charge in [-0.15, -0.1) is 0 Å². The third-order valence-corrected chi connectivity index (χ3v) is 6.10. The van der Waals surface area contributed by atoms with Gasteiger partial charge in [-0.2, -0.15) is 0 Å². The fraction of sp³-hybridized carbons (Fsp3) is 0.350. The molecule has 24 heavy (non-hydrogen) atoms. The summed E-state index contributed by atoms with van der Waals surface area (Å²) in [6.07, 6.45) is 2.83. The maximum Gasteiger partial charge on any atom is 0.153 e. The quantitative estimate of drug-likeness (QED) is 0.779. The second-order valence-electron chi connectivity index (χ2n) is 6.72. The lowest BCUT2D eigenvalue weighted by atomic mass is 9.79. The van der Waals surface area contributed by atoms with Crippen molar-refractivity contribution in [1.29, 1.82) is 0 Å². The number of halogens is 2. The standard InChI is InChI=1S/C20H19Cl2NO/c21-17-6-5-15(11-18(17)22)16-4-2-1-3-14(16)12-19-20(24)13-7-9-23(19)10-8-13/h1-6,11,13,19H,7-10,12H2. The number of rotatable bonds is 3. The summed E-state index contributed by atoms with van der Waals surface area (Å²) in [6, 6.07) is 14.0. The molecule has 0 N–H and O–H groups in total. The van der Waals surface area contributed by atoms with E-state index in [4.69, 9.17) is 23.2 Å². The summed E-state index contributed by atoms with van der Waals surface area (Å²) in [5, 5.41) is 1.12. The molecule has 4 heteroatoms. The Kier molecular flexibility index (Phi) is 4.38. The van der Waals surface area contributed by atoms with Crippen molar-refractivity contribution in [3.63, 3.8) is 0 Å². The van der Waals surface area contributed by atoms with Gasteiger partial charge in [0.05, 0.1) is 16.1 Å². The van der Waals surface area contributed by atoms with E-state index in [9.17, 15) is 4.79 Å². The Morgan fingerprint density at radius 1 is 1.00 bits per heavy atom. The SMILES string of the molecule is O=C1C2CCN(CC2)C1Cc1ccccc1-c1ccc(Cl)c(Cl)c1. The Balaban J connectivity index is 1.67. The second kappa shape index (κ2) is 6.51. The van der Waals surface area contributed by atoms with Gasteiger partial charge in [0.25, 0.3) is 0 Å². The predicted molar refractivity (Wildman–Crippen MR) is 98.7 cm³/mol. The summed E-state index contributed by atoms with van der Waals surface area (Å²) >= 11 is 12.2. The lowest BCUT2D eigenvalue weighted by molar-refractivity contribution is -0.136. The summed E-state index contributed by atoms with van der Waals surface area (Å²) in [5.41, 5.74) is 3.37. The van der Waals surface area contributed by atoms with Gasteiger partial charge in [0.2, 0.25) is 0 Å². The van der Waals surface area contributed by atoms with Gasteiger partial charge in [-0.05, 0) is 61.2 Å². The van der Waals surface area contributed by atoms with Crippen molar-refractivity contribution in [2.75, 3.05) is 13.1 Å². The van der Waals surface area contributed by atoms with Crippen LogP contribution in [0.15, 0.2) is 42.5 Å². The summed E-state index contributed by atoms with van der Waals surface area (Å²) in [5.74, 6) is 0.702. The molecule has 1 atom stereocenters. The zero-order valence-corrected chi connectivity index (χ0v) is 14.9. The Bertz CT molecular complexity index is 781. The molecular weight excluding hydrogens is 341 g/mol. The van der Waals surface area contributed by atoms with Crippen LogP contribution in [0.2, 0.25) is 10.0 Å². The molecule has 5 rings (SSSR count). The van der Waals surface area contributed by atoms with Crippen molar-refractivity contribution in [2.24, 2.45) is 5.92 Å². The van der Waals surface area contributed by atoms with Crippen molar-refractivity contribution in [3.05, 3.63) is 58.1 Å². The lowest BCUT2D eigenvalue weighted by Crippen LogP contribution is -2.56. The smallest absolute Gasteiger partial charge is 0.153 e. The predicted octanol–water partition coefficient (Wildman–Crippen LogP) is 4.87. The van der Waals surface area contributed by atoms with E-state index in [1.54, 1.807) is 0 Å². The topological polar surface area (TPSA) is 20.3 Å². The molecule has 0 aromatic heterocycles. The molecule has 3 fully saturated rings. The molecule has 2 aromatic carbocycles. The van der Waals surface area contributed by atoms with Gasteiger partial charge in [-0.3, -0.25) is 9.69 Å². The van der Waals surface area contributed by atoms with E-state index in [1.807, 2.05) is 30.3 Å². The number of nitrogens with zero attached hydrogens (tertiary/aromatic N) is 1. The zero-order chi connectivity index (χ0) is 16.7. The largest absolute Gasteiger partial charge is 0.298 e. The number of carbonyl (C=O) groups is 1. The normalized spacial score (nSPS) is 25.9. The van der Waals surface area contributed by atoms with Crippen LogP contribution in [0.25, 0.3) is 11.1 Å². The molecule has 0 radical (unpaired) electrons. The highest BCUT2D eigenvalue weighted by atomic mass is 35.5. The Labute approximate surface area is 152 Å². The molecule has 0 spiro atoms. The Morgan fingerprint density at radius 3 is 2.46 bits per heavy atom. The first kappa shape index (κ1) is 16.1. The van der Waals surface area contributed by atoms with E-state index in [1.165, 1.54) is 5.56 Å². The molecule has 2 bridgehead atoms. The number of piperidine rings is 3. The van der Waals surface area contributed by atoms with E-state index in [0.29, 0.717) is 15.8 Å². The van der Waals surface area contributed by atoms with Crippen LogP contribution in [-0.2, 0) is 11.2 Å². The van der Waals surface area contributed by atoms with E-state index >= 15 is 0 Å². The molecule has 2 aromatic rings. The second-order valence-corrected chi connectivity index (χ2v) is 7.53. The van der Waals surface area contributed by atoms with E-state index in [-0.39, 0.29) is 12.0 Å². The molecule has 124 valence electrons. The number of ketones is 1. The fourth-order valence-corrected chi connectivity index (χ4v) is 4.33. The summed E-state index contributed by atoms with van der Waals surface area (Å²) in [4.78, 5) is 15.0. The fourth-order valence-electron chi connectivity index (χ4n) is 4.03. The minimum atomic E-state index is 0.0291. The first-order chi connectivity index (χ1) is 11.6. The van der Waals surface area contributed by atoms with Crippen LogP contribution >= 0.6 is 23.2 Å². The minimum Gasteiger partial charge on any atom is -0.298 e. The Morgan fingerprint density at radius 2 is 1.75 bits per heavy atom. The van der Waals surface area contributed by atoms with Crippen LogP contribution in [0.3, 0.4) is 0 Å². The number of fused-ring (bicyclic) bond motifs is 3. The molecule has 3 saturated heterocycles. The van der Waals surface area contributed by atoms with Gasteiger partial charge in [-0.25, -0.2) is 0 Å². The summed E-state index contributed by atoms with van der Waals surface area (Å²) in [7, 11) is 0. The molecule has 3 aliphatic rings. The third-order valence-electron chi connectivity index (χ3n) is 5.36. The molecule has 0 aliphatic carbocycles. The number of Topliss-reactive ketones (excluding diaryl/α,β-unsaturated/α-hetero) is 1. The molecule has 0 amide bonds. The van der Waals surface area contributed by atoms with Gasteiger partial charge in [0, 0.05) is 5.92 Å². The van der Waals surface area contributed by atoms with Crippen molar-refractivity contribution in [1.82, 2.24) is 4.90 Å². The third kappa shape index (κ3) is 2.88. The number of hydrogen-bond donors (Lipinski definition) is 0. The highest BCUT2D eigenvalue weighted by Gasteiger charge is 2.40. The first-order valence-corrected chi connectivity index (χ1v) is 9.20. The van der Waals surface area contributed by atoms with Crippen molar-refractivity contribution in [2.45, 2.75) is 25.3 Å². The van der Waals surface area contributed by atoms with Crippen LogP contribution in [0, 0.1) is 5.92 Å². The molecule has 3 heterocycles. The van der Waals surface area contributed by atoms with E-state index < -0.39 is 0 Å². The highest BCUT2D eigenvalue weighted by Crippen LogP contribution is 2.34. The first-order valence-electron chi connectivity index (χ1n) is 8.44. The van der Waals surface area contributed by atoms with Gasteiger partial charge in [-0.1, -0.05) is 53.5 Å². The summed E-state index contributed by atoms with van der Waals surface area (Å²) in [6.45, 7) is 2.10. The Hall–Kier alpha value is -1.35. The number of hydrogen-bond acceptors (Lipinski definition) is 2. The maximum absolute atomic E-state index is 12.7. The number of benzene rings is 2. The molecule has 2 nitrogen and oxygen atoms in total. The molecule has 3 aliphatic heterocycles. The highest BCUT2D eigenvalue weighted by molar-refractivity contribution is 6.42. The van der Waals surface area contributed by atoms with Gasteiger partial charge in [0.15, 0.2) is 5.78 Å². The number of carbonyl (C=O) groups excluding carboxylic acids is 1. The minimum absolute atomic E-state index is 0.0291. The zero-order valence-electron chi connectivity index (χ0n) is 13.3. The van der Waals surface area contributed by atoms with Gasteiger partial charge in [0.1, 0.15) is 0 Å². The van der Waals surface area contributed by atoms with Crippen molar-refractivity contribution >= 4 is 29.0 Å². The van der Waals surface area contributed by atoms with Crippen LogP contribution in [0.4, 0.5) is 0 Å². The van der Waals surface area contributed by atoms with E-state index in [2.05, 4.69) is 17.0 Å². The lowest BCUT2D eigenvalue weighted by Gasteiger charge is -2.44. The van der Waals surface area contributed by atoms with Gasteiger partial charge < -0.3 is 0 Å². The maximum atomic E-state index is 12.7. The average Bonchev–Trinajstić information content (AvgIpc) is 2.61. The molecule has 1 unspecified atom stereocenters. The molecular formula is C20H19Cl2NO. The van der Waals surface area contributed by atoms with Crippen LogP contribution < -0.4 is 0 Å². The van der Waals surface area contributed by atoms with Crippen LogP contribution in [0.1, 0.15) is 18.4 Å². The van der Waals surface area contributed by atoms with Crippen LogP contribution in [0.5, 0.6) is 0 Å². The molecule has 0 saturated carbocycles. The van der Waals surface area contributed by atoms with Crippen molar-refractivity contribution < 1.29 is 4.79 Å². The monoisotopic (exact) mass is 359 g/mol. The summed E-state index contributed by atoms with van der Waals surface area (Å²) < 4.78 is 0. The van der Waals surface area contributed by atoms with E-state index in [0.717, 1.165) is 43.5 Å². The van der Waals surface area contributed by atoms with Crippen LogP contribution in [-0.4, -0.2) is 29.8 Å².